The van der Waals surface area contributed by atoms with Crippen molar-refractivity contribution in [2.24, 2.45) is 0 Å². The first-order valence-corrected chi connectivity index (χ1v) is 35.1. The van der Waals surface area contributed by atoms with Crippen molar-refractivity contribution in [2.45, 2.75) is 144 Å². The first kappa shape index (κ1) is 97.6. The number of amides is 9. The molecule has 9 rings (SSSR count). The molecule has 9 aromatic rings. The smallest absolute Gasteiger partial charge is 0.277 e. The van der Waals surface area contributed by atoms with E-state index in [-0.39, 0.29) is 48.2 Å². The van der Waals surface area contributed by atoms with Gasteiger partial charge >= 0.3 is 0 Å². The number of hydrogen-bond donors (Lipinski definition) is 9. The largest absolute Gasteiger partial charge is 0.335 e. The third-order valence-corrected chi connectivity index (χ3v) is 11.9. The molecule has 0 fully saturated rings. The molecule has 554 valence electrons. The minimum Gasteiger partial charge on any atom is -0.335 e. The number of nitrogens with one attached hydrogen (secondary N) is 9. The molecule has 0 bridgehead atoms. The van der Waals surface area contributed by atoms with E-state index in [0.29, 0.717) is 27.8 Å². The zero-order chi connectivity index (χ0) is 77.4. The molecule has 0 unspecified atom stereocenters. The molecule has 0 saturated heterocycles. The Morgan fingerprint density at radius 1 is 0.214 bits per heavy atom. The van der Waals surface area contributed by atoms with Crippen LogP contribution in [0.1, 0.15) is 225 Å². The molecular weight excluding hydrogens is 1290 g/mol. The van der Waals surface area contributed by atoms with E-state index in [2.05, 4.69) is 47.9 Å². The van der Waals surface area contributed by atoms with Gasteiger partial charge in [-0.15, -0.1) is 0 Å². The average Bonchev–Trinajstić information content (AvgIpc) is 0.801. The van der Waals surface area contributed by atoms with Crippen LogP contribution in [0, 0.1) is 0 Å². The normalized spacial score (nSPS) is 8.88. The summed E-state index contributed by atoms with van der Waals surface area (Å²) in [7, 11) is 0. The van der Waals surface area contributed by atoms with Crippen molar-refractivity contribution >= 4 is 53.2 Å². The van der Waals surface area contributed by atoms with Crippen LogP contribution in [0.4, 0.5) is 0 Å². The fourth-order valence-corrected chi connectivity index (χ4v) is 7.62. The molecule has 0 saturated carbocycles. The summed E-state index contributed by atoms with van der Waals surface area (Å²) in [6, 6.07) is 76.2. The number of carbonyl (C=O) groups is 9. The predicted molar refractivity (Wildman–Crippen MR) is 425 cm³/mol. The summed E-state index contributed by atoms with van der Waals surface area (Å²) in [5, 5.41) is 23.6. The molecule has 0 aliphatic rings. The van der Waals surface area contributed by atoms with Gasteiger partial charge in [0.05, 0.1) is 6.67 Å². The topological polar surface area (TPSA) is 262 Å². The Morgan fingerprint density at radius 2 is 0.340 bits per heavy atom. The molecule has 103 heavy (non-hydrogen) atoms. The maximum atomic E-state index is 13.2. The molecule has 0 heterocycles. The van der Waals surface area contributed by atoms with Crippen molar-refractivity contribution in [1.82, 2.24) is 47.9 Å². The van der Waals surface area contributed by atoms with Gasteiger partial charge in [0.25, 0.3) is 59.1 Å². The van der Waals surface area contributed by atoms with Crippen LogP contribution in [0.15, 0.2) is 273 Å². The minimum absolute atomic E-state index is 0. The third kappa shape index (κ3) is 39.0. The highest BCUT2D eigenvalue weighted by atomic mass is 16.2. The molecule has 18 nitrogen and oxygen atoms in total. The second-order valence-corrected chi connectivity index (χ2v) is 17.9. The summed E-state index contributed by atoms with van der Waals surface area (Å²) in [5.74, 6) is -6.47. The maximum Gasteiger partial charge on any atom is 0.277 e. The van der Waals surface area contributed by atoms with Crippen LogP contribution in [0.3, 0.4) is 0 Å². The van der Waals surface area contributed by atoms with Crippen LogP contribution in [-0.2, 0) is 0 Å². The first-order valence-electron chi connectivity index (χ1n) is 35.1. The van der Waals surface area contributed by atoms with Crippen molar-refractivity contribution in [1.29, 1.82) is 0 Å². The van der Waals surface area contributed by atoms with E-state index in [9.17, 15) is 43.2 Å². The molecular formula is C85H115N9O9. The van der Waals surface area contributed by atoms with Gasteiger partial charge in [-0.1, -0.05) is 296 Å². The van der Waals surface area contributed by atoms with Gasteiger partial charge in [-0.05, 0) is 109 Å². The molecule has 0 spiro atoms. The van der Waals surface area contributed by atoms with Crippen molar-refractivity contribution < 1.29 is 43.2 Å². The standard InChI is InChI=1S/C29H24N4O4.C22H19N3O3.C15H14N2O2.9C2H6.CH4/c34-25(21-13-5-1-6-14-21)30-29(31-26(35)22-15-7-2-8-16-22,32-27(36)23-17-9-3-10-18-23)33-28(37)24-19-11-4-12-20-24;26-19(16-10-4-1-5-11-16)23-22(24-20(27)17-12-6-2-7-13-17)25-21(28)18-14-8-3-9-15-18;18-14(12-7-3-1-4-8-12)16-11-17-15(19)13-9-5-2-6-10-13;9*1-2;/h1-20H,(H,30,34)(H,31,35)(H,32,36)(H,33,37);1-15,22H,(H,23,26)(H,24,27)(H,25,28);1-10H,11H2,(H,16,18)(H,17,19);9*1-2H3;1H4. The van der Waals surface area contributed by atoms with Crippen molar-refractivity contribution in [3.8, 4) is 0 Å². The third-order valence-electron chi connectivity index (χ3n) is 11.9. The Bertz CT molecular complexity index is 3220. The number of benzene rings is 9. The Kier molecular flexibility index (Phi) is 60.3. The van der Waals surface area contributed by atoms with Crippen LogP contribution in [0.2, 0.25) is 0 Å². The molecule has 0 aliphatic heterocycles. The molecule has 9 amide bonds. The second kappa shape index (κ2) is 63.6. The van der Waals surface area contributed by atoms with Gasteiger partial charge in [0.15, 0.2) is 6.29 Å². The lowest BCUT2D eigenvalue weighted by atomic mass is 10.1. The monoisotopic (exact) mass is 1410 g/mol. The highest BCUT2D eigenvalue weighted by Crippen LogP contribution is 2.10. The quantitative estimate of drug-likeness (QED) is 0.0370. The molecule has 18 heteroatoms. The van der Waals surface area contributed by atoms with Gasteiger partial charge in [0.2, 0.25) is 0 Å². The summed E-state index contributed by atoms with van der Waals surface area (Å²) < 4.78 is 0. The van der Waals surface area contributed by atoms with Gasteiger partial charge in [-0.3, -0.25) is 64.4 Å². The van der Waals surface area contributed by atoms with Crippen molar-refractivity contribution in [2.75, 3.05) is 6.67 Å². The van der Waals surface area contributed by atoms with Crippen LogP contribution in [-0.4, -0.2) is 72.0 Å². The molecule has 9 aromatic carbocycles. The lowest BCUT2D eigenvalue weighted by Gasteiger charge is -2.36. The molecule has 0 aromatic heterocycles. The van der Waals surface area contributed by atoms with E-state index in [1.165, 1.54) is 0 Å². The predicted octanol–water partition coefficient (Wildman–Crippen LogP) is 17.6. The van der Waals surface area contributed by atoms with Crippen LogP contribution in [0.5, 0.6) is 0 Å². The van der Waals surface area contributed by atoms with Crippen LogP contribution in [0.25, 0.3) is 0 Å². The summed E-state index contributed by atoms with van der Waals surface area (Å²) >= 11 is 0. The number of carbonyl (C=O) groups excluding carboxylic acids is 9. The lowest BCUT2D eigenvalue weighted by Crippen LogP contribution is -2.78. The Labute approximate surface area is 615 Å². The van der Waals surface area contributed by atoms with Gasteiger partial charge in [0, 0.05) is 50.1 Å². The maximum absolute atomic E-state index is 13.2. The second-order valence-electron chi connectivity index (χ2n) is 17.9. The zero-order valence-electron chi connectivity index (χ0n) is 62.9. The van der Waals surface area contributed by atoms with Crippen molar-refractivity contribution in [3.05, 3.63) is 323 Å². The lowest BCUT2D eigenvalue weighted by molar-refractivity contribution is 0.0583. The van der Waals surface area contributed by atoms with Gasteiger partial charge in [-0.25, -0.2) is 0 Å². The highest BCUT2D eigenvalue weighted by molar-refractivity contribution is 6.03. The van der Waals surface area contributed by atoms with Gasteiger partial charge in [-0.2, -0.15) is 0 Å². The highest BCUT2D eigenvalue weighted by Gasteiger charge is 2.39. The zero-order valence-corrected chi connectivity index (χ0v) is 62.9. The SMILES string of the molecule is C.CC.CC.CC.CC.CC.CC.CC.CC.CC.O=C(NC(NC(=O)c1ccccc1)(NC(=O)c1ccccc1)NC(=O)c1ccccc1)c1ccccc1.O=C(NC(NC(=O)c1ccccc1)NC(=O)c1ccccc1)c1ccccc1.O=C(NCNC(=O)c1ccccc1)c1ccccc1. The van der Waals surface area contributed by atoms with E-state index in [1.54, 1.807) is 261 Å². The molecule has 0 radical (unpaired) electrons. The van der Waals surface area contributed by atoms with E-state index < -0.39 is 53.6 Å². The molecule has 0 atom stereocenters. The van der Waals surface area contributed by atoms with E-state index in [4.69, 9.17) is 0 Å². The fraction of sp³-hybridized carbons (Fsp3) is 0.259. The summed E-state index contributed by atoms with van der Waals surface area (Å²) in [4.78, 5) is 114. The van der Waals surface area contributed by atoms with Gasteiger partial charge < -0.3 is 26.6 Å². The molecule has 0 aliphatic carbocycles. The number of rotatable bonds is 18. The Hall–Kier alpha value is -11.8. The van der Waals surface area contributed by atoms with E-state index in [1.807, 2.05) is 137 Å². The Balaban J connectivity index is -0.000000660. The Morgan fingerprint density at radius 3 is 0.485 bits per heavy atom. The van der Waals surface area contributed by atoms with E-state index >= 15 is 0 Å². The fourth-order valence-electron chi connectivity index (χ4n) is 7.62. The van der Waals surface area contributed by atoms with Crippen LogP contribution >= 0.6 is 0 Å². The summed E-state index contributed by atoms with van der Waals surface area (Å²) in [6.07, 6.45) is -1.09. The van der Waals surface area contributed by atoms with Crippen molar-refractivity contribution in [3.63, 3.8) is 0 Å². The van der Waals surface area contributed by atoms with Gasteiger partial charge in [0.1, 0.15) is 0 Å². The minimum atomic E-state index is -2.19. The van der Waals surface area contributed by atoms with Crippen LogP contribution < -0.4 is 47.9 Å². The van der Waals surface area contributed by atoms with E-state index in [0.717, 1.165) is 0 Å². The molecule has 9 N–H and O–H groups in total. The summed E-state index contributed by atoms with van der Waals surface area (Å²) in [5.41, 5.74) is 3.38. The summed E-state index contributed by atoms with van der Waals surface area (Å²) in [6.45, 7) is 36.1. The average molecular weight is 1410 g/mol. The number of hydrogen-bond acceptors (Lipinski definition) is 9. The first-order chi connectivity index (χ1) is 49.9.